The second kappa shape index (κ2) is 6.73. The van der Waals surface area contributed by atoms with Crippen LogP contribution in [0, 0.1) is 0 Å². The smallest absolute Gasteiger partial charge is 0.349 e. The van der Waals surface area contributed by atoms with Crippen LogP contribution in [0.15, 0.2) is 6.20 Å². The molecule has 100 valence electrons. The quantitative estimate of drug-likeness (QED) is 0.853. The third kappa shape index (κ3) is 3.70. The van der Waals surface area contributed by atoms with Gasteiger partial charge in [0.15, 0.2) is 5.13 Å². The van der Waals surface area contributed by atoms with Crippen molar-refractivity contribution in [2.45, 2.75) is 51.0 Å². The second-order valence-electron chi connectivity index (χ2n) is 4.71. The molecule has 1 aliphatic carbocycles. The largest absolute Gasteiger partial charge is 0.465 e. The molecule has 0 radical (unpaired) electrons. The third-order valence-corrected chi connectivity index (χ3v) is 4.23. The Hall–Kier alpha value is -1.10. The molecule has 1 N–H and O–H groups in total. The highest BCUT2D eigenvalue weighted by Crippen LogP contribution is 2.24. The zero-order valence-corrected chi connectivity index (χ0v) is 11.6. The van der Waals surface area contributed by atoms with Crippen LogP contribution in [0.1, 0.15) is 54.6 Å². The number of hydrogen-bond acceptors (Lipinski definition) is 5. The maximum absolute atomic E-state index is 11.3. The average Bonchev–Trinajstić information content (AvgIpc) is 2.80. The normalized spacial score (nSPS) is 17.8. The molecule has 1 heterocycles. The summed E-state index contributed by atoms with van der Waals surface area (Å²) >= 11 is 1.37. The molecule has 0 aromatic carbocycles. The van der Waals surface area contributed by atoms with Crippen LogP contribution in [0.2, 0.25) is 0 Å². The first-order valence-electron chi connectivity index (χ1n) is 6.60. The van der Waals surface area contributed by atoms with Gasteiger partial charge in [0.25, 0.3) is 0 Å². The first kappa shape index (κ1) is 13.3. The number of thiazole rings is 1. The molecule has 18 heavy (non-hydrogen) atoms. The molecule has 0 atom stereocenters. The highest BCUT2D eigenvalue weighted by Gasteiger charge is 2.15. The molecule has 1 aliphatic rings. The van der Waals surface area contributed by atoms with Crippen molar-refractivity contribution in [1.82, 2.24) is 4.98 Å². The summed E-state index contributed by atoms with van der Waals surface area (Å²) in [4.78, 5) is 16.1. The van der Waals surface area contributed by atoms with Gasteiger partial charge >= 0.3 is 5.97 Å². The van der Waals surface area contributed by atoms with Crippen molar-refractivity contribution in [2.75, 3.05) is 12.4 Å². The Labute approximate surface area is 112 Å². The zero-order chi connectivity index (χ0) is 12.8. The van der Waals surface area contributed by atoms with E-state index in [0.717, 1.165) is 5.13 Å². The summed E-state index contributed by atoms with van der Waals surface area (Å²) in [6.45, 7) is 0. The molecule has 1 fully saturated rings. The summed E-state index contributed by atoms with van der Waals surface area (Å²) in [6, 6.07) is 0.502. The summed E-state index contributed by atoms with van der Waals surface area (Å²) in [5, 5.41) is 4.28. The van der Waals surface area contributed by atoms with Crippen LogP contribution in [0.5, 0.6) is 0 Å². The Morgan fingerprint density at radius 3 is 2.67 bits per heavy atom. The van der Waals surface area contributed by atoms with E-state index < -0.39 is 0 Å². The van der Waals surface area contributed by atoms with E-state index in [4.69, 9.17) is 0 Å². The summed E-state index contributed by atoms with van der Waals surface area (Å²) in [6.07, 6.45) is 10.6. The molecule has 1 saturated carbocycles. The Morgan fingerprint density at radius 2 is 2.00 bits per heavy atom. The SMILES string of the molecule is COC(=O)c1cnc(NC2CCCCCCC2)s1. The fourth-order valence-electron chi connectivity index (χ4n) is 2.31. The van der Waals surface area contributed by atoms with Crippen LogP contribution >= 0.6 is 11.3 Å². The van der Waals surface area contributed by atoms with Crippen molar-refractivity contribution in [3.63, 3.8) is 0 Å². The Bertz CT molecular complexity index is 384. The van der Waals surface area contributed by atoms with E-state index in [-0.39, 0.29) is 5.97 Å². The average molecular weight is 268 g/mol. The number of anilines is 1. The fourth-order valence-corrected chi connectivity index (χ4v) is 3.12. The van der Waals surface area contributed by atoms with Gasteiger partial charge in [-0.05, 0) is 12.8 Å². The second-order valence-corrected chi connectivity index (χ2v) is 5.74. The first-order valence-corrected chi connectivity index (χ1v) is 7.42. The molecule has 2 rings (SSSR count). The van der Waals surface area contributed by atoms with E-state index in [1.807, 2.05) is 0 Å². The Kier molecular flexibility index (Phi) is 4.99. The van der Waals surface area contributed by atoms with E-state index in [2.05, 4.69) is 15.0 Å². The van der Waals surface area contributed by atoms with Crippen LogP contribution in [-0.4, -0.2) is 24.1 Å². The number of ether oxygens (including phenoxy) is 1. The Balaban J connectivity index is 1.91. The van der Waals surface area contributed by atoms with Crippen molar-refractivity contribution < 1.29 is 9.53 Å². The number of carbonyl (C=O) groups excluding carboxylic acids is 1. The van der Waals surface area contributed by atoms with E-state index >= 15 is 0 Å². The van der Waals surface area contributed by atoms with Gasteiger partial charge in [0.2, 0.25) is 0 Å². The number of aromatic nitrogens is 1. The molecule has 4 nitrogen and oxygen atoms in total. The molecule has 0 saturated heterocycles. The summed E-state index contributed by atoms with van der Waals surface area (Å²) in [5.41, 5.74) is 0. The number of nitrogens with one attached hydrogen (secondary N) is 1. The minimum atomic E-state index is -0.307. The number of esters is 1. The van der Waals surface area contributed by atoms with Crippen LogP contribution in [-0.2, 0) is 4.74 Å². The minimum Gasteiger partial charge on any atom is -0.465 e. The van der Waals surface area contributed by atoms with Gasteiger partial charge in [-0.3, -0.25) is 0 Å². The molecular formula is C13H20N2O2S. The fraction of sp³-hybridized carbons (Fsp3) is 0.692. The van der Waals surface area contributed by atoms with Crippen molar-refractivity contribution in [3.8, 4) is 0 Å². The highest BCUT2D eigenvalue weighted by molar-refractivity contribution is 7.17. The first-order chi connectivity index (χ1) is 8.79. The van der Waals surface area contributed by atoms with Gasteiger partial charge in [-0.2, -0.15) is 0 Å². The van der Waals surface area contributed by atoms with Crippen LogP contribution in [0.25, 0.3) is 0 Å². The molecule has 0 spiro atoms. The topological polar surface area (TPSA) is 51.2 Å². The lowest BCUT2D eigenvalue weighted by atomic mass is 9.97. The molecular weight excluding hydrogens is 248 g/mol. The summed E-state index contributed by atoms with van der Waals surface area (Å²) in [5.74, 6) is -0.307. The molecule has 0 aliphatic heterocycles. The van der Waals surface area contributed by atoms with Gasteiger partial charge in [-0.1, -0.05) is 43.4 Å². The van der Waals surface area contributed by atoms with Crippen molar-refractivity contribution >= 4 is 22.4 Å². The van der Waals surface area contributed by atoms with Crippen molar-refractivity contribution in [1.29, 1.82) is 0 Å². The molecule has 0 bridgehead atoms. The number of carbonyl (C=O) groups is 1. The van der Waals surface area contributed by atoms with Crippen LogP contribution in [0.3, 0.4) is 0 Å². The molecule has 1 aromatic heterocycles. The monoisotopic (exact) mass is 268 g/mol. The number of rotatable bonds is 3. The molecule has 5 heteroatoms. The molecule has 1 aromatic rings. The van der Waals surface area contributed by atoms with Crippen molar-refractivity contribution in [2.24, 2.45) is 0 Å². The molecule has 0 amide bonds. The summed E-state index contributed by atoms with van der Waals surface area (Å²) < 4.78 is 4.68. The van der Waals surface area contributed by atoms with Gasteiger partial charge in [-0.15, -0.1) is 0 Å². The van der Waals surface area contributed by atoms with Gasteiger partial charge in [-0.25, -0.2) is 9.78 Å². The van der Waals surface area contributed by atoms with E-state index in [1.165, 1.54) is 63.4 Å². The third-order valence-electron chi connectivity index (χ3n) is 3.33. The predicted molar refractivity (Wildman–Crippen MR) is 73.2 cm³/mol. The lowest BCUT2D eigenvalue weighted by Crippen LogP contribution is -2.20. The van der Waals surface area contributed by atoms with Crippen molar-refractivity contribution in [3.05, 3.63) is 11.1 Å². The van der Waals surface area contributed by atoms with Crippen LogP contribution in [0.4, 0.5) is 5.13 Å². The Morgan fingerprint density at radius 1 is 1.33 bits per heavy atom. The number of nitrogens with zero attached hydrogens (tertiary/aromatic N) is 1. The maximum atomic E-state index is 11.3. The number of hydrogen-bond donors (Lipinski definition) is 1. The minimum absolute atomic E-state index is 0.307. The van der Waals surface area contributed by atoms with E-state index in [0.29, 0.717) is 10.9 Å². The van der Waals surface area contributed by atoms with Crippen LogP contribution < -0.4 is 5.32 Å². The number of methoxy groups -OCH3 is 1. The van der Waals surface area contributed by atoms with Gasteiger partial charge in [0.1, 0.15) is 4.88 Å². The maximum Gasteiger partial charge on any atom is 0.349 e. The van der Waals surface area contributed by atoms with E-state index in [1.54, 1.807) is 6.20 Å². The molecule has 0 unspecified atom stereocenters. The standard InChI is InChI=1S/C13H20N2O2S/c1-17-12(16)11-9-14-13(18-11)15-10-7-5-3-2-4-6-8-10/h9-10H,2-8H2,1H3,(H,14,15). The lowest BCUT2D eigenvalue weighted by Gasteiger charge is -2.20. The highest BCUT2D eigenvalue weighted by atomic mass is 32.1. The lowest BCUT2D eigenvalue weighted by molar-refractivity contribution is 0.0606. The van der Waals surface area contributed by atoms with E-state index in [9.17, 15) is 4.79 Å². The summed E-state index contributed by atoms with van der Waals surface area (Å²) in [7, 11) is 1.39. The van der Waals surface area contributed by atoms with Gasteiger partial charge in [0.05, 0.1) is 13.3 Å². The zero-order valence-electron chi connectivity index (χ0n) is 10.8. The predicted octanol–water partition coefficient (Wildman–Crippen LogP) is 3.45. The van der Waals surface area contributed by atoms with Gasteiger partial charge in [0, 0.05) is 6.04 Å². The van der Waals surface area contributed by atoms with Gasteiger partial charge < -0.3 is 10.1 Å².